The summed E-state index contributed by atoms with van der Waals surface area (Å²) >= 11 is 0. The van der Waals surface area contributed by atoms with Crippen LogP contribution in [-0.2, 0) is 0 Å². The second-order valence-corrected chi connectivity index (χ2v) is 14.1. The normalized spacial score (nSPS) is 29.1. The standard InChI is InChI=1S/C35H32F4N6O2/c1-2-23-26(36)7-4-19-10-22(46)11-24(27(19)23)29-28(37)30-25(12-40-29)31(44-13-20-5-6-21(14-44)41-20)43-32(42-30)47-18-34-8-3-9-45(34)17-33(15-34)16-35(33,38)39/h1,4,7,10-12,20-21,41,46H,3,5-6,8-9,13-18H2/t20-,21+,33-,34-/m0/s1. The number of anilines is 1. The first-order valence-corrected chi connectivity index (χ1v) is 16.1. The van der Waals surface area contributed by atoms with Gasteiger partial charge in [-0.15, -0.1) is 6.42 Å². The van der Waals surface area contributed by atoms with Crippen molar-refractivity contribution >= 4 is 27.5 Å². The first kappa shape index (κ1) is 29.0. The molecule has 1 aliphatic carbocycles. The van der Waals surface area contributed by atoms with Gasteiger partial charge in [0.15, 0.2) is 5.82 Å². The van der Waals surface area contributed by atoms with Gasteiger partial charge in [-0.25, -0.2) is 17.6 Å². The lowest BCUT2D eigenvalue weighted by molar-refractivity contribution is 0.0647. The molecule has 2 aromatic heterocycles. The minimum Gasteiger partial charge on any atom is -0.508 e. The molecule has 9 rings (SSSR count). The lowest BCUT2D eigenvalue weighted by Crippen LogP contribution is -2.51. The smallest absolute Gasteiger partial charge is 0.319 e. The number of terminal acetylenes is 1. The Bertz CT molecular complexity index is 2020. The molecule has 2 aromatic carbocycles. The molecular formula is C35H32F4N6O2. The van der Waals surface area contributed by atoms with Crippen LogP contribution in [0.25, 0.3) is 32.9 Å². The summed E-state index contributed by atoms with van der Waals surface area (Å²) in [5.74, 6) is -1.44. The molecule has 47 heavy (non-hydrogen) atoms. The van der Waals surface area contributed by atoms with Gasteiger partial charge in [-0.3, -0.25) is 9.88 Å². The average Bonchev–Trinajstić information content (AvgIpc) is 3.37. The van der Waals surface area contributed by atoms with Gasteiger partial charge in [0.1, 0.15) is 35.2 Å². The third-order valence-corrected chi connectivity index (χ3v) is 11.2. The van der Waals surface area contributed by atoms with E-state index >= 15 is 4.39 Å². The number of aromatic hydroxyl groups is 1. The molecule has 2 N–H and O–H groups in total. The highest BCUT2D eigenvalue weighted by Crippen LogP contribution is 2.69. The number of nitrogens with zero attached hydrogens (tertiary/aromatic N) is 5. The lowest BCUT2D eigenvalue weighted by atomic mass is 9.89. The monoisotopic (exact) mass is 644 g/mol. The van der Waals surface area contributed by atoms with E-state index in [4.69, 9.17) is 16.1 Å². The number of aromatic nitrogens is 3. The predicted octanol–water partition coefficient (Wildman–Crippen LogP) is 5.39. The number of piperazine rings is 1. The van der Waals surface area contributed by atoms with E-state index in [9.17, 15) is 18.3 Å². The molecular weight excluding hydrogens is 612 g/mol. The minimum atomic E-state index is -2.66. The summed E-state index contributed by atoms with van der Waals surface area (Å²) in [6, 6.07) is 5.89. The van der Waals surface area contributed by atoms with E-state index in [0.29, 0.717) is 42.6 Å². The number of hydrogen-bond donors (Lipinski definition) is 2. The maximum atomic E-state index is 16.8. The summed E-state index contributed by atoms with van der Waals surface area (Å²) in [6.07, 6.45) is 11.1. The predicted molar refractivity (Wildman–Crippen MR) is 168 cm³/mol. The van der Waals surface area contributed by atoms with E-state index in [2.05, 4.69) is 31.0 Å². The summed E-state index contributed by atoms with van der Waals surface area (Å²) in [6.45, 7) is 2.50. The molecule has 1 saturated carbocycles. The summed E-state index contributed by atoms with van der Waals surface area (Å²) in [7, 11) is 0. The van der Waals surface area contributed by atoms with Crippen LogP contribution in [0.15, 0.2) is 30.5 Å². The molecule has 2 bridgehead atoms. The molecule has 4 aromatic rings. The van der Waals surface area contributed by atoms with Gasteiger partial charge >= 0.3 is 6.01 Å². The Balaban J connectivity index is 1.16. The second kappa shape index (κ2) is 9.90. The van der Waals surface area contributed by atoms with Crippen molar-refractivity contribution in [3.8, 4) is 35.4 Å². The van der Waals surface area contributed by atoms with E-state index in [1.54, 1.807) is 0 Å². The first-order valence-electron chi connectivity index (χ1n) is 16.1. The van der Waals surface area contributed by atoms with Crippen LogP contribution in [0, 0.1) is 29.4 Å². The maximum absolute atomic E-state index is 16.8. The molecule has 0 radical (unpaired) electrons. The Morgan fingerprint density at radius 1 is 1.11 bits per heavy atom. The zero-order chi connectivity index (χ0) is 32.3. The van der Waals surface area contributed by atoms with Gasteiger partial charge in [-0.1, -0.05) is 12.0 Å². The van der Waals surface area contributed by atoms with Crippen molar-refractivity contribution in [3.63, 3.8) is 0 Å². The summed E-state index contributed by atoms with van der Waals surface area (Å²) < 4.78 is 66.9. The molecule has 4 atom stereocenters. The number of fused-ring (bicyclic) bond motifs is 5. The number of halogens is 4. The summed E-state index contributed by atoms with van der Waals surface area (Å²) in [4.78, 5) is 18.1. The molecule has 12 heteroatoms. The highest BCUT2D eigenvalue weighted by Gasteiger charge is 2.77. The van der Waals surface area contributed by atoms with Crippen LogP contribution in [0.5, 0.6) is 11.8 Å². The molecule has 1 spiro atoms. The van der Waals surface area contributed by atoms with Crippen LogP contribution >= 0.6 is 0 Å². The molecule has 8 nitrogen and oxygen atoms in total. The van der Waals surface area contributed by atoms with Gasteiger partial charge in [-0.05, 0) is 62.2 Å². The van der Waals surface area contributed by atoms with Crippen LogP contribution in [0.3, 0.4) is 0 Å². The fraction of sp³-hybridized carbons (Fsp3) is 0.457. The van der Waals surface area contributed by atoms with Crippen LogP contribution in [0.1, 0.15) is 44.1 Å². The highest BCUT2D eigenvalue weighted by molar-refractivity contribution is 6.03. The number of phenolic OH excluding ortho intramolecular Hbond substituents is 1. The first-order chi connectivity index (χ1) is 22.6. The Kier molecular flexibility index (Phi) is 6.10. The van der Waals surface area contributed by atoms with Crippen LogP contribution in [0.4, 0.5) is 23.4 Å². The number of ether oxygens (including phenoxy) is 1. The maximum Gasteiger partial charge on any atom is 0.319 e. The Morgan fingerprint density at radius 2 is 1.89 bits per heavy atom. The van der Waals surface area contributed by atoms with Gasteiger partial charge in [0.2, 0.25) is 0 Å². The summed E-state index contributed by atoms with van der Waals surface area (Å²) in [5, 5.41) is 15.2. The second-order valence-electron chi connectivity index (χ2n) is 14.1. The van der Waals surface area contributed by atoms with Crippen molar-refractivity contribution in [2.75, 3.05) is 37.7 Å². The van der Waals surface area contributed by atoms with E-state index in [0.717, 1.165) is 32.2 Å². The van der Waals surface area contributed by atoms with Crippen molar-refractivity contribution in [2.45, 2.75) is 62.1 Å². The number of phenols is 1. The van der Waals surface area contributed by atoms with Crippen molar-refractivity contribution in [1.29, 1.82) is 0 Å². The lowest BCUT2D eigenvalue weighted by Gasteiger charge is -2.34. The molecule has 5 fully saturated rings. The fourth-order valence-electron chi connectivity index (χ4n) is 8.89. The molecule has 4 saturated heterocycles. The molecule has 6 heterocycles. The van der Waals surface area contributed by atoms with Gasteiger partial charge in [0, 0.05) is 55.3 Å². The minimum absolute atomic E-state index is 0.0460. The summed E-state index contributed by atoms with van der Waals surface area (Å²) in [5.41, 5.74) is -1.71. The zero-order valence-corrected chi connectivity index (χ0v) is 25.5. The molecule has 5 aliphatic rings. The van der Waals surface area contributed by atoms with E-state index in [1.807, 2.05) is 0 Å². The van der Waals surface area contributed by atoms with Gasteiger partial charge in [-0.2, -0.15) is 9.97 Å². The largest absolute Gasteiger partial charge is 0.508 e. The van der Waals surface area contributed by atoms with Crippen molar-refractivity contribution < 1.29 is 27.4 Å². The van der Waals surface area contributed by atoms with Gasteiger partial charge in [0.25, 0.3) is 5.92 Å². The number of pyridine rings is 1. The Labute approximate surface area is 268 Å². The van der Waals surface area contributed by atoms with Gasteiger partial charge < -0.3 is 20.1 Å². The topological polar surface area (TPSA) is 86.6 Å². The Hall–Kier alpha value is -4.21. The van der Waals surface area contributed by atoms with Crippen molar-refractivity contribution in [2.24, 2.45) is 5.41 Å². The third-order valence-electron chi connectivity index (χ3n) is 11.2. The van der Waals surface area contributed by atoms with Crippen LogP contribution in [-0.4, -0.2) is 81.3 Å². The number of benzene rings is 2. The van der Waals surface area contributed by atoms with Crippen LogP contribution in [0.2, 0.25) is 0 Å². The van der Waals surface area contributed by atoms with E-state index < -0.39 is 28.5 Å². The van der Waals surface area contributed by atoms with Gasteiger partial charge in [0.05, 0.1) is 21.9 Å². The third kappa shape index (κ3) is 4.32. The molecule has 0 amide bonds. The van der Waals surface area contributed by atoms with Crippen LogP contribution < -0.4 is 15.0 Å². The molecule has 4 aliphatic heterocycles. The number of hydrogen-bond acceptors (Lipinski definition) is 8. The van der Waals surface area contributed by atoms with E-state index in [1.165, 1.54) is 30.5 Å². The highest BCUT2D eigenvalue weighted by atomic mass is 19.3. The average molecular weight is 645 g/mol. The number of alkyl halides is 2. The number of rotatable bonds is 5. The number of nitrogens with one attached hydrogen (secondary N) is 1. The fourth-order valence-corrected chi connectivity index (χ4v) is 8.89. The van der Waals surface area contributed by atoms with Crippen molar-refractivity contribution in [1.82, 2.24) is 25.2 Å². The van der Waals surface area contributed by atoms with E-state index in [-0.39, 0.29) is 64.6 Å². The molecule has 0 unspecified atom stereocenters. The molecule has 242 valence electrons. The van der Waals surface area contributed by atoms with Crippen molar-refractivity contribution in [3.05, 3.63) is 47.7 Å². The zero-order valence-electron chi connectivity index (χ0n) is 25.5. The SMILES string of the molecule is C#Cc1c(F)ccc2cc(O)cc(-c3ncc4c(N5C[C@H]6CC[C@@H](C5)N6)nc(OC[C@@]56CCCN5C[C@@]5(CC5(F)F)C6)nc4c3F)c12. The quantitative estimate of drug-likeness (QED) is 0.221. The Morgan fingerprint density at radius 3 is 2.64 bits per heavy atom.